The molecule has 0 aliphatic heterocycles. The van der Waals surface area contributed by atoms with Crippen molar-refractivity contribution in [1.29, 1.82) is 0 Å². The van der Waals surface area contributed by atoms with Gasteiger partial charge in [0, 0.05) is 15.8 Å². The minimum atomic E-state index is -1.56. The second kappa shape index (κ2) is 3.52. The lowest BCUT2D eigenvalue weighted by Crippen LogP contribution is -1.78. The van der Waals surface area contributed by atoms with Gasteiger partial charge in [0.15, 0.2) is 0 Å². The van der Waals surface area contributed by atoms with Crippen molar-refractivity contribution in [3.8, 4) is 0 Å². The molecule has 1 nitrogen and oxygen atoms in total. The Morgan fingerprint density at radius 2 is 1.82 bits per heavy atom. The second-order valence-electron chi connectivity index (χ2n) is 1.78. The van der Waals surface area contributed by atoms with Gasteiger partial charge in [0.25, 0.3) is 0 Å². The van der Waals surface area contributed by atoms with Crippen molar-refractivity contribution < 1.29 is 3.89 Å². The molecule has 0 aliphatic carbocycles. The summed E-state index contributed by atoms with van der Waals surface area (Å²) in [5.41, 5.74) is 0. The first-order valence-corrected chi connectivity index (χ1v) is 4.68. The molecule has 0 N–H and O–H groups in total. The second-order valence-corrected chi connectivity index (χ2v) is 3.69. The van der Waals surface area contributed by atoms with Crippen LogP contribution in [0.2, 0.25) is 10.3 Å². The van der Waals surface area contributed by atoms with Gasteiger partial charge < -0.3 is 0 Å². The first-order valence-electron chi connectivity index (χ1n) is 2.63. The Morgan fingerprint density at radius 1 is 1.36 bits per heavy atom. The fraction of sp³-hybridized carbons (Fsp3) is 0. The molecule has 0 bridgehead atoms. The third kappa shape index (κ3) is 2.43. The van der Waals surface area contributed by atoms with Gasteiger partial charge in [-0.3, -0.25) is 0 Å². The van der Waals surface area contributed by atoms with Crippen molar-refractivity contribution in [3.63, 3.8) is 0 Å². The van der Waals surface area contributed by atoms with E-state index in [1.54, 1.807) is 0 Å². The molecule has 1 aromatic heterocycles. The van der Waals surface area contributed by atoms with Gasteiger partial charge in [-0.15, -0.1) is 0 Å². The first kappa shape index (κ1) is 8.97. The van der Waals surface area contributed by atoms with Crippen molar-refractivity contribution >= 4 is 39.9 Å². The molecule has 60 valence electrons. The van der Waals surface area contributed by atoms with Gasteiger partial charge in [-0.25, -0.2) is 4.98 Å². The maximum absolute atomic E-state index is 12.6. The highest BCUT2D eigenvalue weighted by Crippen LogP contribution is 2.28. The van der Waals surface area contributed by atoms with Crippen LogP contribution in [-0.4, -0.2) is 10.9 Å². The molecular formula is C6H4Cl2FNS. The number of halogens is 3. The summed E-state index contributed by atoms with van der Waals surface area (Å²) in [4.78, 5) is 4.03. The fourth-order valence-corrected chi connectivity index (χ4v) is 1.64. The van der Waals surface area contributed by atoms with Crippen molar-refractivity contribution in [3.05, 3.63) is 22.4 Å². The lowest BCUT2D eigenvalue weighted by atomic mass is 10.5. The quantitative estimate of drug-likeness (QED) is 0.513. The van der Waals surface area contributed by atoms with E-state index in [0.717, 1.165) is 0 Å². The van der Waals surface area contributed by atoms with Gasteiger partial charge in [-0.2, -0.15) is 3.89 Å². The lowest BCUT2D eigenvalue weighted by Gasteiger charge is -1.97. The minimum absolute atomic E-state index is 0.186. The molecule has 0 radical (unpaired) electrons. The Hall–Kier alpha value is -0.120. The number of aromatic nitrogens is 1. The van der Waals surface area contributed by atoms with Crippen LogP contribution >= 0.6 is 34.1 Å². The van der Waals surface area contributed by atoms with Gasteiger partial charge in [-0.1, -0.05) is 23.2 Å². The van der Waals surface area contributed by atoms with Crippen molar-refractivity contribution in [2.75, 3.05) is 0 Å². The monoisotopic (exact) mass is 211 g/mol. The van der Waals surface area contributed by atoms with Crippen LogP contribution in [0.25, 0.3) is 0 Å². The highest BCUT2D eigenvalue weighted by atomic mass is 35.5. The summed E-state index contributed by atoms with van der Waals surface area (Å²) in [5, 5.41) is 0.373. The Bertz CT molecular complexity index is 282. The standard InChI is InChI=1S/C6H4Cl2FNS/c1-11(9)4-2-5(7)10-6(8)3-4/h2-3H,1H2. The molecule has 0 aliphatic rings. The van der Waals surface area contributed by atoms with Crippen molar-refractivity contribution in [1.82, 2.24) is 4.98 Å². The van der Waals surface area contributed by atoms with Gasteiger partial charge in [0.2, 0.25) is 0 Å². The summed E-state index contributed by atoms with van der Waals surface area (Å²) in [6.45, 7) is 0. The van der Waals surface area contributed by atoms with Gasteiger partial charge in [0.1, 0.15) is 10.3 Å². The van der Waals surface area contributed by atoms with E-state index in [1.807, 2.05) is 0 Å². The van der Waals surface area contributed by atoms with Gasteiger partial charge in [0.05, 0.1) is 0 Å². The SMILES string of the molecule is C=S(F)c1cc(Cl)nc(Cl)c1. The van der Waals surface area contributed by atoms with Crippen LogP contribution in [0.15, 0.2) is 17.0 Å². The normalized spacial score (nSPS) is 13.0. The summed E-state index contributed by atoms with van der Waals surface area (Å²) in [7, 11) is -1.56. The zero-order valence-corrected chi connectivity index (χ0v) is 7.68. The lowest BCUT2D eigenvalue weighted by molar-refractivity contribution is 0.929. The molecule has 1 unspecified atom stereocenters. The van der Waals surface area contributed by atoms with Crippen LogP contribution in [0.4, 0.5) is 3.89 Å². The third-order valence-electron chi connectivity index (χ3n) is 0.992. The maximum atomic E-state index is 12.6. The van der Waals surface area contributed by atoms with E-state index in [1.165, 1.54) is 12.1 Å². The van der Waals surface area contributed by atoms with E-state index in [9.17, 15) is 3.89 Å². The Morgan fingerprint density at radius 3 is 2.18 bits per heavy atom. The van der Waals surface area contributed by atoms with Crippen LogP contribution in [0.1, 0.15) is 0 Å². The van der Waals surface area contributed by atoms with Gasteiger partial charge >= 0.3 is 0 Å². The number of rotatable bonds is 1. The van der Waals surface area contributed by atoms with Crippen LogP contribution in [0, 0.1) is 0 Å². The highest BCUT2D eigenvalue weighted by Gasteiger charge is 2.00. The van der Waals surface area contributed by atoms with E-state index < -0.39 is 10.9 Å². The van der Waals surface area contributed by atoms with E-state index in [0.29, 0.717) is 4.90 Å². The molecule has 1 aromatic rings. The largest absolute Gasteiger partial charge is 0.224 e. The van der Waals surface area contributed by atoms with E-state index in [4.69, 9.17) is 23.2 Å². The van der Waals surface area contributed by atoms with E-state index in [-0.39, 0.29) is 10.3 Å². The maximum Gasteiger partial charge on any atom is 0.132 e. The van der Waals surface area contributed by atoms with E-state index in [2.05, 4.69) is 10.9 Å². The summed E-state index contributed by atoms with van der Waals surface area (Å²) in [6, 6.07) is 2.81. The summed E-state index contributed by atoms with van der Waals surface area (Å²) in [6.07, 6.45) is 0. The molecule has 0 fully saturated rings. The predicted octanol–water partition coefficient (Wildman–Crippen LogP) is 3.33. The molecule has 11 heavy (non-hydrogen) atoms. The predicted molar refractivity (Wildman–Crippen MR) is 48.3 cm³/mol. The topological polar surface area (TPSA) is 12.9 Å². The molecule has 0 saturated heterocycles. The van der Waals surface area contributed by atoms with Crippen molar-refractivity contribution in [2.45, 2.75) is 4.90 Å². The summed E-state index contributed by atoms with van der Waals surface area (Å²) in [5.74, 6) is 3.21. The van der Waals surface area contributed by atoms with Crippen molar-refractivity contribution in [2.24, 2.45) is 0 Å². The molecule has 0 amide bonds. The first-order chi connectivity index (χ1) is 5.09. The highest BCUT2D eigenvalue weighted by molar-refractivity contribution is 8.09. The van der Waals surface area contributed by atoms with Crippen LogP contribution in [-0.2, 0) is 0 Å². The summed E-state index contributed by atoms with van der Waals surface area (Å²) < 4.78 is 12.6. The molecule has 0 saturated carbocycles. The molecule has 1 atom stereocenters. The van der Waals surface area contributed by atoms with Gasteiger partial charge in [-0.05, 0) is 18.0 Å². The van der Waals surface area contributed by atoms with Crippen LogP contribution < -0.4 is 0 Å². The molecule has 1 heterocycles. The number of pyridine rings is 1. The third-order valence-corrected chi connectivity index (χ3v) is 2.13. The molecule has 1 rings (SSSR count). The number of hydrogen-bond acceptors (Lipinski definition) is 1. The summed E-state index contributed by atoms with van der Waals surface area (Å²) >= 11 is 11.0. The fourth-order valence-electron chi connectivity index (χ4n) is 0.571. The minimum Gasteiger partial charge on any atom is -0.224 e. The molecular weight excluding hydrogens is 208 g/mol. The average Bonchev–Trinajstić information content (AvgIpc) is 1.85. The molecule has 0 spiro atoms. The Balaban J connectivity index is 3.19. The van der Waals surface area contributed by atoms with Crippen LogP contribution in [0.5, 0.6) is 0 Å². The number of hydrogen-bond donors (Lipinski definition) is 0. The van der Waals surface area contributed by atoms with E-state index >= 15 is 0 Å². The zero-order chi connectivity index (χ0) is 8.43. The average molecular weight is 212 g/mol. The Labute approximate surface area is 76.4 Å². The molecule has 0 aromatic carbocycles. The Kier molecular flexibility index (Phi) is 2.87. The number of nitrogens with zero attached hydrogens (tertiary/aromatic N) is 1. The van der Waals surface area contributed by atoms with Crippen LogP contribution in [0.3, 0.4) is 0 Å². The smallest absolute Gasteiger partial charge is 0.132 e. The zero-order valence-electron chi connectivity index (χ0n) is 5.35. The molecule has 5 heteroatoms.